The van der Waals surface area contributed by atoms with Crippen molar-refractivity contribution < 1.29 is 4.79 Å². The number of carbonyl (C=O) groups excluding carboxylic acids is 1. The van der Waals surface area contributed by atoms with Gasteiger partial charge in [-0.05, 0) is 43.2 Å². The fraction of sp³-hybridized carbons (Fsp3) is 0.227. The van der Waals surface area contributed by atoms with Crippen molar-refractivity contribution in [3.8, 4) is 6.07 Å². The SMILES string of the molecule is CN(C)CCN(Cc1cccc(C#N)c1)C(=O)c1cc2ccccc2c(Cl)n1. The molecule has 0 unspecified atom stereocenters. The van der Waals surface area contributed by atoms with Crippen LogP contribution in [0.3, 0.4) is 0 Å². The van der Waals surface area contributed by atoms with Crippen molar-refractivity contribution >= 4 is 28.3 Å². The van der Waals surface area contributed by atoms with Gasteiger partial charge in [0.15, 0.2) is 0 Å². The number of likely N-dealkylation sites (N-methyl/N-ethyl adjacent to an activating group) is 1. The Labute approximate surface area is 169 Å². The Kier molecular flexibility index (Phi) is 6.25. The lowest BCUT2D eigenvalue weighted by atomic mass is 10.1. The van der Waals surface area contributed by atoms with Gasteiger partial charge in [0.05, 0.1) is 11.6 Å². The molecule has 3 rings (SSSR count). The van der Waals surface area contributed by atoms with Crippen molar-refractivity contribution in [2.24, 2.45) is 0 Å². The molecule has 0 fully saturated rings. The maximum Gasteiger partial charge on any atom is 0.272 e. The van der Waals surface area contributed by atoms with Crippen LogP contribution < -0.4 is 0 Å². The first-order valence-electron chi connectivity index (χ1n) is 8.96. The van der Waals surface area contributed by atoms with Crippen LogP contribution in [0.5, 0.6) is 0 Å². The van der Waals surface area contributed by atoms with Gasteiger partial charge < -0.3 is 9.80 Å². The van der Waals surface area contributed by atoms with E-state index in [1.54, 1.807) is 23.1 Å². The number of rotatable bonds is 6. The summed E-state index contributed by atoms with van der Waals surface area (Å²) in [5.41, 5.74) is 1.79. The maximum atomic E-state index is 13.2. The summed E-state index contributed by atoms with van der Waals surface area (Å²) in [6.07, 6.45) is 0. The minimum Gasteiger partial charge on any atom is -0.332 e. The molecule has 142 valence electrons. The summed E-state index contributed by atoms with van der Waals surface area (Å²) in [7, 11) is 3.92. The van der Waals surface area contributed by atoms with E-state index in [9.17, 15) is 4.79 Å². The van der Waals surface area contributed by atoms with E-state index in [2.05, 4.69) is 11.1 Å². The normalized spacial score (nSPS) is 10.8. The molecule has 0 saturated carbocycles. The third kappa shape index (κ3) is 4.66. The smallest absolute Gasteiger partial charge is 0.272 e. The van der Waals surface area contributed by atoms with Crippen LogP contribution in [0.15, 0.2) is 54.6 Å². The number of nitriles is 1. The molecule has 0 aliphatic heterocycles. The van der Waals surface area contributed by atoms with Crippen molar-refractivity contribution in [2.45, 2.75) is 6.54 Å². The molecule has 1 heterocycles. The van der Waals surface area contributed by atoms with Gasteiger partial charge in [-0.3, -0.25) is 4.79 Å². The Morgan fingerprint density at radius 2 is 1.89 bits per heavy atom. The number of nitrogens with zero attached hydrogens (tertiary/aromatic N) is 4. The number of aromatic nitrogens is 1. The van der Waals surface area contributed by atoms with Gasteiger partial charge in [0.1, 0.15) is 10.8 Å². The van der Waals surface area contributed by atoms with Gasteiger partial charge in [-0.2, -0.15) is 5.26 Å². The number of benzene rings is 2. The molecule has 6 heteroatoms. The van der Waals surface area contributed by atoms with Crippen LogP contribution in [0.2, 0.25) is 5.15 Å². The number of hydrogen-bond acceptors (Lipinski definition) is 4. The largest absolute Gasteiger partial charge is 0.332 e. The number of carbonyl (C=O) groups is 1. The number of pyridine rings is 1. The van der Waals surface area contributed by atoms with Gasteiger partial charge in [0, 0.05) is 25.0 Å². The summed E-state index contributed by atoms with van der Waals surface area (Å²) >= 11 is 6.31. The minimum absolute atomic E-state index is 0.183. The first-order valence-corrected chi connectivity index (χ1v) is 9.34. The highest BCUT2D eigenvalue weighted by molar-refractivity contribution is 6.34. The quantitative estimate of drug-likeness (QED) is 0.595. The fourth-order valence-corrected chi connectivity index (χ4v) is 3.22. The van der Waals surface area contributed by atoms with Gasteiger partial charge >= 0.3 is 0 Å². The number of fused-ring (bicyclic) bond motifs is 1. The summed E-state index contributed by atoms with van der Waals surface area (Å²) in [5.74, 6) is -0.183. The van der Waals surface area contributed by atoms with Crippen LogP contribution >= 0.6 is 11.6 Å². The molecule has 1 aromatic heterocycles. The molecular weight excluding hydrogens is 372 g/mol. The number of amides is 1. The number of halogens is 1. The van der Waals surface area contributed by atoms with Gasteiger partial charge in [-0.15, -0.1) is 0 Å². The second-order valence-electron chi connectivity index (χ2n) is 6.86. The number of hydrogen-bond donors (Lipinski definition) is 0. The molecule has 0 spiro atoms. The average Bonchev–Trinajstić information content (AvgIpc) is 2.70. The Bertz CT molecular complexity index is 1040. The molecule has 5 nitrogen and oxygen atoms in total. The summed E-state index contributed by atoms with van der Waals surface area (Å²) < 4.78 is 0. The second-order valence-corrected chi connectivity index (χ2v) is 7.22. The lowest BCUT2D eigenvalue weighted by molar-refractivity contribution is 0.0726. The van der Waals surface area contributed by atoms with E-state index < -0.39 is 0 Å². The zero-order valence-corrected chi connectivity index (χ0v) is 16.6. The summed E-state index contributed by atoms with van der Waals surface area (Å²) in [6, 6.07) is 18.8. The van der Waals surface area contributed by atoms with Crippen molar-refractivity contribution in [2.75, 3.05) is 27.2 Å². The highest BCUT2D eigenvalue weighted by atomic mass is 35.5. The molecule has 0 aliphatic rings. The van der Waals surface area contributed by atoms with E-state index in [-0.39, 0.29) is 5.91 Å². The zero-order chi connectivity index (χ0) is 20.1. The van der Waals surface area contributed by atoms with Crippen molar-refractivity contribution in [3.05, 3.63) is 76.6 Å². The van der Waals surface area contributed by atoms with Gasteiger partial charge in [0.2, 0.25) is 0 Å². The molecule has 0 saturated heterocycles. The van der Waals surface area contributed by atoms with E-state index in [0.29, 0.717) is 36.0 Å². The van der Waals surface area contributed by atoms with Crippen LogP contribution in [-0.4, -0.2) is 47.9 Å². The third-order valence-electron chi connectivity index (χ3n) is 4.45. The molecular formula is C22H21ClN4O. The summed E-state index contributed by atoms with van der Waals surface area (Å²) in [6.45, 7) is 1.65. The summed E-state index contributed by atoms with van der Waals surface area (Å²) in [5, 5.41) is 11.1. The Morgan fingerprint density at radius 1 is 1.11 bits per heavy atom. The molecule has 0 radical (unpaired) electrons. The predicted molar refractivity (Wildman–Crippen MR) is 111 cm³/mol. The lowest BCUT2D eigenvalue weighted by Crippen LogP contribution is -2.36. The fourth-order valence-electron chi connectivity index (χ4n) is 2.96. The van der Waals surface area contributed by atoms with E-state index >= 15 is 0 Å². The highest BCUT2D eigenvalue weighted by Crippen LogP contribution is 2.23. The predicted octanol–water partition coefficient (Wildman–Crippen LogP) is 3.96. The van der Waals surface area contributed by atoms with Crippen LogP contribution in [0.1, 0.15) is 21.6 Å². The molecule has 0 aliphatic carbocycles. The molecule has 0 N–H and O–H groups in total. The first kappa shape index (κ1) is 19.8. The maximum absolute atomic E-state index is 13.2. The second kappa shape index (κ2) is 8.83. The highest BCUT2D eigenvalue weighted by Gasteiger charge is 2.19. The zero-order valence-electron chi connectivity index (χ0n) is 15.9. The minimum atomic E-state index is -0.183. The summed E-state index contributed by atoms with van der Waals surface area (Å²) in [4.78, 5) is 21.3. The molecule has 3 aromatic rings. The lowest BCUT2D eigenvalue weighted by Gasteiger charge is -2.24. The monoisotopic (exact) mass is 392 g/mol. The van der Waals surface area contributed by atoms with E-state index in [1.807, 2.05) is 55.4 Å². The van der Waals surface area contributed by atoms with Crippen molar-refractivity contribution in [1.29, 1.82) is 5.26 Å². The molecule has 28 heavy (non-hydrogen) atoms. The molecule has 2 aromatic carbocycles. The first-order chi connectivity index (χ1) is 13.5. The Balaban J connectivity index is 1.92. The van der Waals surface area contributed by atoms with E-state index in [4.69, 9.17) is 16.9 Å². The third-order valence-corrected chi connectivity index (χ3v) is 4.73. The molecule has 0 bridgehead atoms. The Morgan fingerprint density at radius 3 is 2.64 bits per heavy atom. The molecule has 0 atom stereocenters. The van der Waals surface area contributed by atoms with Gasteiger partial charge in [0.25, 0.3) is 5.91 Å². The van der Waals surface area contributed by atoms with Crippen LogP contribution in [0.25, 0.3) is 10.8 Å². The van der Waals surface area contributed by atoms with Gasteiger partial charge in [-0.25, -0.2) is 4.98 Å². The average molecular weight is 393 g/mol. The topological polar surface area (TPSA) is 60.2 Å². The standard InChI is InChI=1S/C22H21ClN4O/c1-26(2)10-11-27(15-17-7-5-6-16(12-17)14-24)22(28)20-13-18-8-3-4-9-19(18)21(23)25-20/h3-9,12-13H,10-11,15H2,1-2H3. The molecule has 1 amide bonds. The van der Waals surface area contributed by atoms with Crippen molar-refractivity contribution in [3.63, 3.8) is 0 Å². The van der Waals surface area contributed by atoms with Crippen LogP contribution in [-0.2, 0) is 6.54 Å². The van der Waals surface area contributed by atoms with Crippen LogP contribution in [0.4, 0.5) is 0 Å². The van der Waals surface area contributed by atoms with E-state index in [0.717, 1.165) is 16.3 Å². The van der Waals surface area contributed by atoms with Gasteiger partial charge in [-0.1, -0.05) is 48.0 Å². The van der Waals surface area contributed by atoms with Crippen LogP contribution in [0, 0.1) is 11.3 Å². The van der Waals surface area contributed by atoms with E-state index in [1.165, 1.54) is 0 Å². The van der Waals surface area contributed by atoms with Crippen molar-refractivity contribution in [1.82, 2.24) is 14.8 Å². The Hall–Kier alpha value is -2.94.